The van der Waals surface area contributed by atoms with Crippen LogP contribution < -0.4 is 11.1 Å². The first-order valence-corrected chi connectivity index (χ1v) is 7.05. The quantitative estimate of drug-likeness (QED) is 0.773. The highest BCUT2D eigenvalue weighted by Gasteiger charge is 2.19. The first-order chi connectivity index (χ1) is 9.36. The van der Waals surface area contributed by atoms with Crippen LogP contribution in [0.4, 0.5) is 0 Å². The summed E-state index contributed by atoms with van der Waals surface area (Å²) in [7, 11) is 1.34. The topological polar surface area (TPSA) is 81.4 Å². The molecule has 1 aromatic carbocycles. The minimum Gasteiger partial charge on any atom is -0.465 e. The van der Waals surface area contributed by atoms with E-state index in [0.717, 1.165) is 10.0 Å². The Morgan fingerprint density at radius 1 is 1.40 bits per heavy atom. The largest absolute Gasteiger partial charge is 0.465 e. The minimum absolute atomic E-state index is 0.112. The molecule has 1 aromatic rings. The van der Waals surface area contributed by atoms with Crippen molar-refractivity contribution in [1.82, 2.24) is 5.32 Å². The van der Waals surface area contributed by atoms with E-state index in [4.69, 9.17) is 5.73 Å². The maximum atomic E-state index is 11.4. The molecule has 0 saturated carbocycles. The van der Waals surface area contributed by atoms with E-state index < -0.39 is 0 Å². The summed E-state index contributed by atoms with van der Waals surface area (Å²) in [5.74, 6) is -0.648. The lowest BCUT2D eigenvalue weighted by Crippen LogP contribution is -2.44. The van der Waals surface area contributed by atoms with Gasteiger partial charge in [-0.15, -0.1) is 0 Å². The lowest BCUT2D eigenvalue weighted by atomic mass is 10.0. The number of primary amides is 1. The second-order valence-electron chi connectivity index (χ2n) is 4.80. The van der Waals surface area contributed by atoms with Crippen LogP contribution in [-0.4, -0.2) is 25.0 Å². The monoisotopic (exact) mass is 342 g/mol. The van der Waals surface area contributed by atoms with E-state index in [-0.39, 0.29) is 23.8 Å². The lowest BCUT2D eigenvalue weighted by molar-refractivity contribution is -0.121. The molecule has 0 aromatic heterocycles. The molecule has 0 aliphatic carbocycles. The van der Waals surface area contributed by atoms with Gasteiger partial charge in [-0.25, -0.2) is 4.79 Å². The van der Waals surface area contributed by atoms with Crippen LogP contribution >= 0.6 is 15.9 Å². The predicted molar refractivity (Wildman–Crippen MR) is 80.1 cm³/mol. The number of carbonyl (C=O) groups is 2. The fraction of sp³-hybridized carbons (Fsp3) is 0.429. The highest BCUT2D eigenvalue weighted by Crippen LogP contribution is 2.19. The number of nitrogens with one attached hydrogen (secondary N) is 1. The minimum atomic E-state index is -0.387. The molecule has 0 radical (unpaired) electrons. The number of esters is 1. The number of benzene rings is 1. The van der Waals surface area contributed by atoms with E-state index in [2.05, 4.69) is 26.0 Å². The van der Waals surface area contributed by atoms with E-state index in [1.165, 1.54) is 7.11 Å². The Kier molecular flexibility index (Phi) is 6.16. The van der Waals surface area contributed by atoms with Gasteiger partial charge in [0.25, 0.3) is 0 Å². The zero-order valence-corrected chi connectivity index (χ0v) is 13.4. The van der Waals surface area contributed by atoms with Gasteiger partial charge in [-0.05, 0) is 23.6 Å². The summed E-state index contributed by atoms with van der Waals surface area (Å²) in [6.07, 6.45) is 0. The van der Waals surface area contributed by atoms with Crippen LogP contribution in [-0.2, 0) is 16.1 Å². The Morgan fingerprint density at radius 2 is 2.05 bits per heavy atom. The Balaban J connectivity index is 2.79. The SMILES string of the molecule is COC(=O)c1ccc(CNC(C(N)=O)C(C)C)c(Br)c1. The van der Waals surface area contributed by atoms with Crippen molar-refractivity contribution in [3.05, 3.63) is 33.8 Å². The van der Waals surface area contributed by atoms with Crippen molar-refractivity contribution in [2.24, 2.45) is 11.7 Å². The zero-order valence-electron chi connectivity index (χ0n) is 11.8. The first-order valence-electron chi connectivity index (χ1n) is 6.26. The Labute approximate surface area is 127 Å². The Bertz CT molecular complexity index is 503. The highest BCUT2D eigenvalue weighted by atomic mass is 79.9. The molecule has 0 aliphatic rings. The number of hydrogen-bond donors (Lipinski definition) is 2. The van der Waals surface area contributed by atoms with Crippen LogP contribution in [0.5, 0.6) is 0 Å². The smallest absolute Gasteiger partial charge is 0.337 e. The zero-order chi connectivity index (χ0) is 15.3. The summed E-state index contributed by atoms with van der Waals surface area (Å²) in [5.41, 5.74) is 6.75. The van der Waals surface area contributed by atoms with Crippen LogP contribution in [0.1, 0.15) is 29.8 Å². The third kappa shape index (κ3) is 4.31. The van der Waals surface area contributed by atoms with E-state index >= 15 is 0 Å². The van der Waals surface area contributed by atoms with E-state index in [1.807, 2.05) is 19.9 Å². The molecule has 0 bridgehead atoms. The number of hydrogen-bond acceptors (Lipinski definition) is 4. The third-order valence-electron chi connectivity index (χ3n) is 2.96. The number of nitrogens with two attached hydrogens (primary N) is 1. The van der Waals surface area contributed by atoms with Crippen molar-refractivity contribution in [3.63, 3.8) is 0 Å². The van der Waals surface area contributed by atoms with Gasteiger partial charge in [0.15, 0.2) is 0 Å². The second kappa shape index (κ2) is 7.40. The van der Waals surface area contributed by atoms with Gasteiger partial charge in [0, 0.05) is 11.0 Å². The predicted octanol–water partition coefficient (Wildman–Crippen LogP) is 1.84. The Hall–Kier alpha value is -1.40. The van der Waals surface area contributed by atoms with Gasteiger partial charge in [-0.1, -0.05) is 35.8 Å². The molecule has 5 nitrogen and oxygen atoms in total. The molecule has 1 unspecified atom stereocenters. The molecule has 0 fully saturated rings. The normalized spacial score (nSPS) is 12.2. The molecule has 6 heteroatoms. The van der Waals surface area contributed by atoms with Gasteiger partial charge in [0.1, 0.15) is 0 Å². The molecule has 0 saturated heterocycles. The molecule has 20 heavy (non-hydrogen) atoms. The van der Waals surface area contributed by atoms with Gasteiger partial charge in [-0.3, -0.25) is 4.79 Å². The van der Waals surface area contributed by atoms with E-state index in [9.17, 15) is 9.59 Å². The third-order valence-corrected chi connectivity index (χ3v) is 3.70. The van der Waals surface area contributed by atoms with E-state index in [0.29, 0.717) is 12.1 Å². The van der Waals surface area contributed by atoms with Crippen molar-refractivity contribution >= 4 is 27.8 Å². The highest BCUT2D eigenvalue weighted by molar-refractivity contribution is 9.10. The maximum absolute atomic E-state index is 11.4. The molecule has 1 amide bonds. The number of halogens is 1. The molecule has 0 heterocycles. The fourth-order valence-corrected chi connectivity index (χ4v) is 2.34. The molecule has 1 rings (SSSR count). The second-order valence-corrected chi connectivity index (χ2v) is 5.66. The number of methoxy groups -OCH3 is 1. The lowest BCUT2D eigenvalue weighted by Gasteiger charge is -2.19. The average molecular weight is 343 g/mol. The summed E-state index contributed by atoms with van der Waals surface area (Å²) < 4.78 is 5.43. The van der Waals surface area contributed by atoms with Crippen LogP contribution in [0.3, 0.4) is 0 Å². The number of carbonyl (C=O) groups excluding carboxylic acids is 2. The molecule has 0 aliphatic heterocycles. The van der Waals surface area contributed by atoms with Crippen LogP contribution in [0, 0.1) is 5.92 Å². The van der Waals surface area contributed by atoms with Crippen LogP contribution in [0.25, 0.3) is 0 Å². The van der Waals surface area contributed by atoms with E-state index in [1.54, 1.807) is 12.1 Å². The summed E-state index contributed by atoms with van der Waals surface area (Å²) in [6.45, 7) is 4.34. The number of amides is 1. The van der Waals surface area contributed by atoms with Crippen LogP contribution in [0.2, 0.25) is 0 Å². The van der Waals surface area contributed by atoms with Crippen LogP contribution in [0.15, 0.2) is 22.7 Å². The van der Waals surface area contributed by atoms with Gasteiger partial charge >= 0.3 is 5.97 Å². The van der Waals surface area contributed by atoms with Gasteiger partial charge in [-0.2, -0.15) is 0 Å². The summed E-state index contributed by atoms with van der Waals surface area (Å²) in [4.78, 5) is 22.7. The number of rotatable bonds is 6. The van der Waals surface area contributed by atoms with Gasteiger partial charge < -0.3 is 15.8 Å². The van der Waals surface area contributed by atoms with Crippen molar-refractivity contribution < 1.29 is 14.3 Å². The Morgan fingerprint density at radius 3 is 2.50 bits per heavy atom. The van der Waals surface area contributed by atoms with Crippen molar-refractivity contribution in [3.8, 4) is 0 Å². The fourth-order valence-electron chi connectivity index (χ4n) is 1.82. The standard InChI is InChI=1S/C14H19BrN2O3/c1-8(2)12(13(16)18)17-7-10-5-4-9(6-11(10)15)14(19)20-3/h4-6,8,12,17H,7H2,1-3H3,(H2,16,18). The summed E-state index contributed by atoms with van der Waals surface area (Å²) in [5, 5.41) is 3.12. The molecule has 3 N–H and O–H groups in total. The molecule has 110 valence electrons. The van der Waals surface area contributed by atoms with Crippen molar-refractivity contribution in [2.75, 3.05) is 7.11 Å². The maximum Gasteiger partial charge on any atom is 0.337 e. The average Bonchev–Trinajstić information content (AvgIpc) is 2.38. The molecule has 1 atom stereocenters. The molecular weight excluding hydrogens is 324 g/mol. The number of ether oxygens (including phenoxy) is 1. The molecular formula is C14H19BrN2O3. The van der Waals surface area contributed by atoms with Crippen molar-refractivity contribution in [1.29, 1.82) is 0 Å². The first kappa shape index (κ1) is 16.7. The van der Waals surface area contributed by atoms with Gasteiger partial charge in [0.2, 0.25) is 5.91 Å². The summed E-state index contributed by atoms with van der Waals surface area (Å²) in [6, 6.07) is 4.80. The summed E-state index contributed by atoms with van der Waals surface area (Å²) >= 11 is 3.40. The van der Waals surface area contributed by atoms with Gasteiger partial charge in [0.05, 0.1) is 18.7 Å². The molecule has 0 spiro atoms. The van der Waals surface area contributed by atoms with Crippen molar-refractivity contribution in [2.45, 2.75) is 26.4 Å².